The van der Waals surface area contributed by atoms with E-state index < -0.39 is 51.7 Å². The number of anilines is 1. The summed E-state index contributed by atoms with van der Waals surface area (Å²) >= 11 is 0. The van der Waals surface area contributed by atoms with Crippen molar-refractivity contribution in [1.82, 2.24) is 0 Å². The largest absolute Gasteiger partial charge is 0.493 e. The molecule has 3 saturated heterocycles. The molecule has 0 saturated carbocycles. The minimum atomic E-state index is -1.27. The zero-order valence-corrected chi connectivity index (χ0v) is 19.8. The van der Waals surface area contributed by atoms with Crippen LogP contribution in [0.5, 0.6) is 5.75 Å². The number of carbonyl (C=O) groups is 2. The lowest BCUT2D eigenvalue weighted by Gasteiger charge is -2.33. The van der Waals surface area contributed by atoms with Gasteiger partial charge < -0.3 is 14.6 Å². The second kappa shape index (κ2) is 8.06. The van der Waals surface area contributed by atoms with Crippen molar-refractivity contribution < 1.29 is 33.5 Å². The third kappa shape index (κ3) is 3.29. The molecule has 10 heteroatoms. The number of aliphatic hydroxyl groups is 1. The van der Waals surface area contributed by atoms with E-state index in [0.29, 0.717) is 16.5 Å². The number of non-ortho nitro benzene ring substituents is 1. The number of rotatable bonds is 6. The van der Waals surface area contributed by atoms with Crippen LogP contribution in [0.15, 0.2) is 60.7 Å². The van der Waals surface area contributed by atoms with Crippen LogP contribution in [0.3, 0.4) is 0 Å². The summed E-state index contributed by atoms with van der Waals surface area (Å²) < 4.78 is 25.3. The summed E-state index contributed by atoms with van der Waals surface area (Å²) in [4.78, 5) is 39.8. The minimum Gasteiger partial charge on any atom is -0.493 e. The molecule has 1 N–H and O–H groups in total. The van der Waals surface area contributed by atoms with Gasteiger partial charge in [-0.2, -0.15) is 0 Å². The molecule has 5 atom stereocenters. The summed E-state index contributed by atoms with van der Waals surface area (Å²) in [6.45, 7) is 1.77. The lowest BCUT2D eigenvalue weighted by Crippen LogP contribution is -2.49. The standard InChI is InChI=1S/C27H23FN2O7/c1-26-21(31)14-27(37-26,12-13-36-16-8-6-15(28)7-9-16)23-22(26)24(32)29(25(23)33)19-10-11-20(30(34)35)18-5-3-2-4-17(18)19/h2-11,21-23,31H,12-14H2,1H3. The summed E-state index contributed by atoms with van der Waals surface area (Å²) in [5, 5.41) is 23.2. The maximum absolute atomic E-state index is 13.9. The summed E-state index contributed by atoms with van der Waals surface area (Å²) in [5.74, 6) is -2.68. The molecule has 3 aromatic rings. The number of aliphatic hydroxyl groups excluding tert-OH is 1. The first-order valence-electron chi connectivity index (χ1n) is 12.0. The molecule has 3 aliphatic rings. The van der Waals surface area contributed by atoms with Crippen LogP contribution in [-0.4, -0.2) is 45.8 Å². The van der Waals surface area contributed by atoms with Gasteiger partial charge in [-0.1, -0.05) is 18.2 Å². The van der Waals surface area contributed by atoms with Crippen molar-refractivity contribution in [1.29, 1.82) is 0 Å². The molecule has 9 nitrogen and oxygen atoms in total. The topological polar surface area (TPSA) is 119 Å². The van der Waals surface area contributed by atoms with E-state index in [9.17, 15) is 29.2 Å². The summed E-state index contributed by atoms with van der Waals surface area (Å²) in [7, 11) is 0. The van der Waals surface area contributed by atoms with Crippen LogP contribution in [-0.2, 0) is 14.3 Å². The van der Waals surface area contributed by atoms with Crippen molar-refractivity contribution in [2.75, 3.05) is 11.5 Å². The van der Waals surface area contributed by atoms with E-state index in [4.69, 9.17) is 9.47 Å². The number of amides is 2. The van der Waals surface area contributed by atoms with Gasteiger partial charge in [-0.15, -0.1) is 0 Å². The lowest BCUT2D eigenvalue weighted by atomic mass is 9.66. The number of fused-ring (bicyclic) bond motifs is 6. The van der Waals surface area contributed by atoms with Crippen LogP contribution in [0.4, 0.5) is 15.8 Å². The van der Waals surface area contributed by atoms with Gasteiger partial charge in [0.25, 0.3) is 5.69 Å². The molecule has 3 aromatic carbocycles. The number of imide groups is 1. The summed E-state index contributed by atoms with van der Waals surface area (Å²) in [6, 6.07) is 14.8. The van der Waals surface area contributed by atoms with Gasteiger partial charge in [0.05, 0.1) is 46.1 Å². The zero-order valence-electron chi connectivity index (χ0n) is 19.8. The Kier molecular flexibility index (Phi) is 5.12. The number of hydrogen-bond donors (Lipinski definition) is 1. The van der Waals surface area contributed by atoms with E-state index in [1.54, 1.807) is 31.2 Å². The van der Waals surface area contributed by atoms with E-state index in [0.717, 1.165) is 4.90 Å². The number of hydrogen-bond acceptors (Lipinski definition) is 7. The molecule has 5 unspecified atom stereocenters. The second-order valence-corrected chi connectivity index (χ2v) is 10.00. The fourth-order valence-corrected chi connectivity index (χ4v) is 6.36. The molecule has 190 valence electrons. The van der Waals surface area contributed by atoms with Crippen LogP contribution in [0.1, 0.15) is 19.8 Å². The highest BCUT2D eigenvalue weighted by molar-refractivity contribution is 6.26. The average molecular weight is 506 g/mol. The predicted molar refractivity (Wildman–Crippen MR) is 129 cm³/mol. The first-order valence-corrected chi connectivity index (χ1v) is 12.0. The normalized spacial score (nSPS) is 30.2. The van der Waals surface area contributed by atoms with E-state index >= 15 is 0 Å². The minimum absolute atomic E-state index is 0.125. The van der Waals surface area contributed by atoms with E-state index in [1.165, 1.54) is 36.4 Å². The number of nitro groups is 1. The van der Waals surface area contributed by atoms with Crippen molar-refractivity contribution in [2.24, 2.45) is 11.8 Å². The van der Waals surface area contributed by atoms with Crippen LogP contribution >= 0.6 is 0 Å². The van der Waals surface area contributed by atoms with Gasteiger partial charge in [0.15, 0.2) is 0 Å². The molecule has 0 radical (unpaired) electrons. The van der Waals surface area contributed by atoms with Gasteiger partial charge in [0.1, 0.15) is 17.2 Å². The van der Waals surface area contributed by atoms with Crippen LogP contribution < -0.4 is 9.64 Å². The van der Waals surface area contributed by atoms with Crippen molar-refractivity contribution in [3.63, 3.8) is 0 Å². The molecule has 0 aliphatic carbocycles. The SMILES string of the molecule is CC12OC(CCOc3ccc(F)cc3)(CC1O)C1C(=O)N(c3ccc([N+](=O)[O-])c4ccccc34)C(=O)C12. The number of benzene rings is 3. The third-order valence-corrected chi connectivity index (χ3v) is 8.04. The van der Waals surface area contributed by atoms with Gasteiger partial charge in [0.2, 0.25) is 11.8 Å². The van der Waals surface area contributed by atoms with Gasteiger partial charge in [-0.05, 0) is 43.3 Å². The molecule has 37 heavy (non-hydrogen) atoms. The Morgan fingerprint density at radius 1 is 1.08 bits per heavy atom. The van der Waals surface area contributed by atoms with Crippen LogP contribution in [0.25, 0.3) is 10.8 Å². The molecule has 6 rings (SSSR count). The van der Waals surface area contributed by atoms with Crippen LogP contribution in [0.2, 0.25) is 0 Å². The highest BCUT2D eigenvalue weighted by atomic mass is 19.1. The lowest BCUT2D eigenvalue weighted by molar-refractivity contribution is -0.383. The maximum Gasteiger partial charge on any atom is 0.277 e. The van der Waals surface area contributed by atoms with Crippen molar-refractivity contribution in [3.8, 4) is 5.75 Å². The molecule has 2 bridgehead atoms. The molecular weight excluding hydrogens is 483 g/mol. The number of nitrogens with zero attached hydrogens (tertiary/aromatic N) is 2. The molecule has 3 aliphatic heterocycles. The Hall–Kier alpha value is -3.89. The first kappa shape index (κ1) is 23.5. The fourth-order valence-electron chi connectivity index (χ4n) is 6.36. The summed E-state index contributed by atoms with van der Waals surface area (Å²) in [6.07, 6.45) is -0.581. The van der Waals surface area contributed by atoms with Gasteiger partial charge >= 0.3 is 0 Å². The average Bonchev–Trinajstić information content (AvgIpc) is 3.40. The zero-order chi connectivity index (χ0) is 26.1. The van der Waals surface area contributed by atoms with Crippen molar-refractivity contribution in [3.05, 3.63) is 76.6 Å². The van der Waals surface area contributed by atoms with E-state index in [-0.39, 0.29) is 30.8 Å². The third-order valence-electron chi connectivity index (χ3n) is 8.04. The van der Waals surface area contributed by atoms with E-state index in [2.05, 4.69) is 0 Å². The number of carbonyl (C=O) groups excluding carboxylic acids is 2. The first-order chi connectivity index (χ1) is 17.7. The van der Waals surface area contributed by atoms with Crippen molar-refractivity contribution >= 4 is 34.0 Å². The van der Waals surface area contributed by atoms with Gasteiger partial charge in [-0.3, -0.25) is 19.7 Å². The quantitative estimate of drug-likeness (QED) is 0.307. The monoisotopic (exact) mass is 506 g/mol. The number of nitro benzene ring substituents is 1. The van der Waals surface area contributed by atoms with Gasteiger partial charge in [-0.25, -0.2) is 9.29 Å². The molecule has 3 heterocycles. The Bertz CT molecular complexity index is 1460. The second-order valence-electron chi connectivity index (χ2n) is 10.00. The number of halogens is 1. The Balaban J connectivity index is 1.36. The summed E-state index contributed by atoms with van der Waals surface area (Å²) in [5.41, 5.74) is -2.25. The smallest absolute Gasteiger partial charge is 0.277 e. The molecule has 3 fully saturated rings. The highest BCUT2D eigenvalue weighted by Gasteiger charge is 2.77. The van der Waals surface area contributed by atoms with Crippen LogP contribution in [0, 0.1) is 27.8 Å². The Morgan fingerprint density at radius 2 is 1.76 bits per heavy atom. The predicted octanol–water partition coefficient (Wildman–Crippen LogP) is 3.75. The fraction of sp³-hybridized carbons (Fsp3) is 0.333. The maximum atomic E-state index is 13.9. The Labute approximate surface area is 210 Å². The molecule has 0 spiro atoms. The molecular formula is C27H23FN2O7. The highest BCUT2D eigenvalue weighted by Crippen LogP contribution is 2.62. The van der Waals surface area contributed by atoms with E-state index in [1.807, 2.05) is 0 Å². The van der Waals surface area contributed by atoms with Gasteiger partial charge in [0, 0.05) is 24.3 Å². The molecule has 2 amide bonds. The number of ether oxygens (including phenoxy) is 2. The Morgan fingerprint density at radius 3 is 2.46 bits per heavy atom. The van der Waals surface area contributed by atoms with Crippen molar-refractivity contribution in [2.45, 2.75) is 37.1 Å². The molecule has 0 aromatic heterocycles.